The van der Waals surface area contributed by atoms with Crippen molar-refractivity contribution in [3.8, 4) is 0 Å². The minimum Gasteiger partial charge on any atom is -0.371 e. The van der Waals surface area contributed by atoms with Gasteiger partial charge in [0, 0.05) is 25.3 Å². The van der Waals surface area contributed by atoms with E-state index in [-0.39, 0.29) is 11.8 Å². The number of carbonyl (C=O) groups is 1. The predicted octanol–water partition coefficient (Wildman–Crippen LogP) is 4.49. The molecule has 1 fully saturated rings. The number of nitrogens with zero attached hydrogens (tertiary/aromatic N) is 1. The minimum atomic E-state index is -0.0647. The molecule has 0 spiro atoms. The average molecular weight is 336 g/mol. The molecule has 1 aliphatic heterocycles. The normalized spacial score (nSPS) is 15.2. The molecule has 1 atom stereocenters. The number of anilines is 1. The lowest BCUT2D eigenvalue weighted by molar-refractivity contribution is -0.122. The van der Waals surface area contributed by atoms with E-state index in [1.807, 2.05) is 18.2 Å². The van der Waals surface area contributed by atoms with Gasteiger partial charge in [0.15, 0.2) is 0 Å². The summed E-state index contributed by atoms with van der Waals surface area (Å²) in [5.41, 5.74) is 3.59. The molecule has 1 N–H and O–H groups in total. The van der Waals surface area contributed by atoms with E-state index in [0.717, 1.165) is 31.5 Å². The third kappa shape index (κ3) is 4.41. The fourth-order valence-electron chi connectivity index (χ4n) is 3.66. The van der Waals surface area contributed by atoms with Crippen molar-refractivity contribution in [1.29, 1.82) is 0 Å². The van der Waals surface area contributed by atoms with Gasteiger partial charge >= 0.3 is 0 Å². The van der Waals surface area contributed by atoms with Crippen LogP contribution in [0.15, 0.2) is 54.6 Å². The van der Waals surface area contributed by atoms with Crippen LogP contribution in [-0.4, -0.2) is 19.0 Å². The van der Waals surface area contributed by atoms with Gasteiger partial charge in [0.1, 0.15) is 0 Å². The molecular weight excluding hydrogens is 308 g/mol. The molecule has 1 unspecified atom stereocenters. The summed E-state index contributed by atoms with van der Waals surface area (Å²) in [5, 5.41) is 3.18. The smallest absolute Gasteiger partial charge is 0.227 e. The summed E-state index contributed by atoms with van der Waals surface area (Å²) in [6, 6.07) is 18.6. The van der Waals surface area contributed by atoms with Gasteiger partial charge in [0.2, 0.25) is 5.91 Å². The average Bonchev–Trinajstić information content (AvgIpc) is 3.20. The predicted molar refractivity (Wildman–Crippen MR) is 104 cm³/mol. The highest BCUT2D eigenvalue weighted by molar-refractivity contribution is 5.83. The van der Waals surface area contributed by atoms with E-state index in [1.165, 1.54) is 24.1 Å². The van der Waals surface area contributed by atoms with Crippen LogP contribution in [0, 0.1) is 0 Å². The first-order chi connectivity index (χ1) is 12.3. The lowest BCUT2D eigenvalue weighted by Crippen LogP contribution is -2.30. The minimum absolute atomic E-state index is 0.0647. The van der Waals surface area contributed by atoms with E-state index in [9.17, 15) is 4.79 Å². The second-order valence-corrected chi connectivity index (χ2v) is 6.79. The highest BCUT2D eigenvalue weighted by Crippen LogP contribution is 2.25. The molecule has 1 heterocycles. The van der Waals surface area contributed by atoms with Crippen LogP contribution < -0.4 is 10.2 Å². The number of carbonyl (C=O) groups excluding carboxylic acids is 1. The van der Waals surface area contributed by atoms with Crippen LogP contribution in [0.1, 0.15) is 49.7 Å². The van der Waals surface area contributed by atoms with Crippen LogP contribution in [0.5, 0.6) is 0 Å². The van der Waals surface area contributed by atoms with Gasteiger partial charge in [-0.1, -0.05) is 61.9 Å². The van der Waals surface area contributed by atoms with Gasteiger partial charge in [0.05, 0.1) is 5.92 Å². The van der Waals surface area contributed by atoms with Crippen molar-refractivity contribution in [2.75, 3.05) is 18.0 Å². The van der Waals surface area contributed by atoms with Crippen LogP contribution in [-0.2, 0) is 11.3 Å². The van der Waals surface area contributed by atoms with Crippen LogP contribution >= 0.6 is 0 Å². The lowest BCUT2D eigenvalue weighted by Gasteiger charge is -2.22. The van der Waals surface area contributed by atoms with Crippen molar-refractivity contribution in [3.05, 3.63) is 65.7 Å². The number of hydrogen-bond donors (Lipinski definition) is 1. The maximum Gasteiger partial charge on any atom is 0.227 e. The fraction of sp³-hybridized carbons (Fsp3) is 0.409. The second-order valence-electron chi connectivity index (χ2n) is 6.79. The molecule has 3 rings (SSSR count). The van der Waals surface area contributed by atoms with Crippen molar-refractivity contribution >= 4 is 11.6 Å². The summed E-state index contributed by atoms with van der Waals surface area (Å²) in [6.07, 6.45) is 4.39. The van der Waals surface area contributed by atoms with Gasteiger partial charge < -0.3 is 10.2 Å². The van der Waals surface area contributed by atoms with Gasteiger partial charge in [0.25, 0.3) is 0 Å². The Bertz CT molecular complexity index is 677. The molecule has 1 aliphatic rings. The molecule has 1 saturated heterocycles. The number of benzene rings is 2. The molecule has 2 aromatic carbocycles. The third-order valence-electron chi connectivity index (χ3n) is 4.99. The molecule has 0 saturated carbocycles. The van der Waals surface area contributed by atoms with Crippen molar-refractivity contribution in [2.45, 2.75) is 45.1 Å². The molecule has 0 bridgehead atoms. The highest BCUT2D eigenvalue weighted by atomic mass is 16.1. The van der Waals surface area contributed by atoms with E-state index in [4.69, 9.17) is 0 Å². The number of rotatable bonds is 7. The maximum atomic E-state index is 12.8. The summed E-state index contributed by atoms with van der Waals surface area (Å²) in [7, 11) is 0. The van der Waals surface area contributed by atoms with Crippen molar-refractivity contribution in [2.24, 2.45) is 0 Å². The Hall–Kier alpha value is -2.29. The van der Waals surface area contributed by atoms with Gasteiger partial charge in [-0.05, 0) is 36.5 Å². The zero-order valence-electron chi connectivity index (χ0n) is 15.1. The van der Waals surface area contributed by atoms with Crippen molar-refractivity contribution in [3.63, 3.8) is 0 Å². The lowest BCUT2D eigenvalue weighted by atomic mass is 9.93. The Morgan fingerprint density at radius 1 is 1.04 bits per heavy atom. The largest absolute Gasteiger partial charge is 0.371 e. The molecule has 2 aromatic rings. The van der Waals surface area contributed by atoms with Crippen LogP contribution in [0.25, 0.3) is 0 Å². The Morgan fingerprint density at radius 2 is 1.72 bits per heavy atom. The van der Waals surface area contributed by atoms with E-state index in [2.05, 4.69) is 53.5 Å². The Kier molecular flexibility index (Phi) is 6.10. The van der Waals surface area contributed by atoms with E-state index < -0.39 is 0 Å². The third-order valence-corrected chi connectivity index (χ3v) is 4.99. The summed E-state index contributed by atoms with van der Waals surface area (Å²) in [6.45, 7) is 4.96. The van der Waals surface area contributed by atoms with Gasteiger partial charge in [-0.2, -0.15) is 0 Å². The molecule has 3 nitrogen and oxygen atoms in total. The number of nitrogens with one attached hydrogen (secondary N) is 1. The van der Waals surface area contributed by atoms with Gasteiger partial charge in [-0.25, -0.2) is 0 Å². The molecule has 0 aromatic heterocycles. The zero-order valence-corrected chi connectivity index (χ0v) is 15.1. The van der Waals surface area contributed by atoms with Crippen LogP contribution in [0.3, 0.4) is 0 Å². The summed E-state index contributed by atoms with van der Waals surface area (Å²) >= 11 is 0. The molecule has 132 valence electrons. The van der Waals surface area contributed by atoms with E-state index >= 15 is 0 Å². The topological polar surface area (TPSA) is 32.3 Å². The Labute approximate surface area is 151 Å². The Morgan fingerprint density at radius 3 is 2.44 bits per heavy atom. The SMILES string of the molecule is CCCC(C(=O)NCc1ccccc1N1CCCC1)c1ccccc1. The van der Waals surface area contributed by atoms with Crippen molar-refractivity contribution in [1.82, 2.24) is 5.32 Å². The summed E-state index contributed by atoms with van der Waals surface area (Å²) < 4.78 is 0. The first-order valence-corrected chi connectivity index (χ1v) is 9.45. The molecule has 25 heavy (non-hydrogen) atoms. The number of para-hydroxylation sites is 1. The zero-order chi connectivity index (χ0) is 17.5. The monoisotopic (exact) mass is 336 g/mol. The maximum absolute atomic E-state index is 12.8. The van der Waals surface area contributed by atoms with Gasteiger partial charge in [-0.3, -0.25) is 4.79 Å². The van der Waals surface area contributed by atoms with Crippen LogP contribution in [0.4, 0.5) is 5.69 Å². The molecular formula is C22H28N2O. The summed E-state index contributed by atoms with van der Waals surface area (Å²) in [5.74, 6) is 0.0643. The molecule has 0 aliphatic carbocycles. The standard InChI is InChI=1S/C22H28N2O/c1-2-10-20(18-11-4-3-5-12-18)22(25)23-17-19-13-6-7-14-21(19)24-15-8-9-16-24/h3-7,11-14,20H,2,8-10,15-17H2,1H3,(H,23,25). The number of amides is 1. The molecule has 1 amide bonds. The number of hydrogen-bond acceptors (Lipinski definition) is 2. The molecule has 0 radical (unpaired) electrons. The first kappa shape index (κ1) is 17.5. The summed E-state index contributed by atoms with van der Waals surface area (Å²) in [4.78, 5) is 15.2. The molecule has 3 heteroatoms. The van der Waals surface area contributed by atoms with Crippen LogP contribution in [0.2, 0.25) is 0 Å². The fourth-order valence-corrected chi connectivity index (χ4v) is 3.66. The quantitative estimate of drug-likeness (QED) is 0.808. The van der Waals surface area contributed by atoms with E-state index in [1.54, 1.807) is 0 Å². The van der Waals surface area contributed by atoms with E-state index in [0.29, 0.717) is 6.54 Å². The Balaban J connectivity index is 1.69. The first-order valence-electron chi connectivity index (χ1n) is 9.45. The van der Waals surface area contributed by atoms with Crippen molar-refractivity contribution < 1.29 is 4.79 Å². The highest BCUT2D eigenvalue weighted by Gasteiger charge is 2.20. The second kappa shape index (κ2) is 8.70. The van der Waals surface area contributed by atoms with Gasteiger partial charge in [-0.15, -0.1) is 0 Å².